The highest BCUT2D eigenvalue weighted by molar-refractivity contribution is 7.13. The van der Waals surface area contributed by atoms with Gasteiger partial charge in [0.1, 0.15) is 10.4 Å². The molecule has 0 atom stereocenters. The molecule has 0 radical (unpaired) electrons. The van der Waals surface area contributed by atoms with Gasteiger partial charge in [-0.3, -0.25) is 4.79 Å². The van der Waals surface area contributed by atoms with Gasteiger partial charge in [-0.25, -0.2) is 4.98 Å². The van der Waals surface area contributed by atoms with E-state index in [1.807, 2.05) is 23.6 Å². The highest BCUT2D eigenvalue weighted by Crippen LogP contribution is 2.31. The SMILES string of the molecule is CC(C)(C(=O)O)c1csc(-c2ccc3ccccc3c2)n1. The van der Waals surface area contributed by atoms with Crippen molar-refractivity contribution >= 4 is 28.1 Å². The minimum atomic E-state index is -0.967. The Hall–Kier alpha value is -2.20. The number of thiazole rings is 1. The third-order valence-electron chi connectivity index (χ3n) is 3.68. The van der Waals surface area contributed by atoms with Crippen LogP contribution in [0.1, 0.15) is 19.5 Å². The number of benzene rings is 2. The van der Waals surface area contributed by atoms with Crippen LogP contribution in [0, 0.1) is 0 Å². The molecular formula is C17H15NO2S. The van der Waals surface area contributed by atoms with Gasteiger partial charge in [0.15, 0.2) is 0 Å². The lowest BCUT2D eigenvalue weighted by molar-refractivity contribution is -0.142. The van der Waals surface area contributed by atoms with E-state index in [4.69, 9.17) is 0 Å². The summed E-state index contributed by atoms with van der Waals surface area (Å²) in [6, 6.07) is 14.3. The molecule has 0 saturated heterocycles. The number of aliphatic carboxylic acids is 1. The number of carboxylic acid groups (broad SMARTS) is 1. The van der Waals surface area contributed by atoms with Crippen molar-refractivity contribution in [1.82, 2.24) is 4.98 Å². The number of rotatable bonds is 3. The first kappa shape index (κ1) is 13.8. The summed E-state index contributed by atoms with van der Waals surface area (Å²) in [5, 5.41) is 14.3. The molecule has 0 fully saturated rings. The van der Waals surface area contributed by atoms with Crippen LogP contribution in [0.4, 0.5) is 0 Å². The summed E-state index contributed by atoms with van der Waals surface area (Å²) in [6.45, 7) is 3.35. The second-order valence-corrected chi connectivity index (χ2v) is 6.39. The number of carbonyl (C=O) groups is 1. The smallest absolute Gasteiger partial charge is 0.315 e. The lowest BCUT2D eigenvalue weighted by Gasteiger charge is -2.15. The molecule has 0 aliphatic heterocycles. The summed E-state index contributed by atoms with van der Waals surface area (Å²) >= 11 is 1.48. The summed E-state index contributed by atoms with van der Waals surface area (Å²) in [5.41, 5.74) is 0.653. The van der Waals surface area contributed by atoms with Crippen molar-refractivity contribution in [2.75, 3.05) is 0 Å². The van der Waals surface area contributed by atoms with Crippen molar-refractivity contribution in [1.29, 1.82) is 0 Å². The summed E-state index contributed by atoms with van der Waals surface area (Å²) in [7, 11) is 0. The highest BCUT2D eigenvalue weighted by Gasteiger charge is 2.32. The molecule has 0 amide bonds. The van der Waals surface area contributed by atoms with Crippen LogP contribution in [0.3, 0.4) is 0 Å². The fourth-order valence-electron chi connectivity index (χ4n) is 2.13. The first-order chi connectivity index (χ1) is 9.98. The van der Waals surface area contributed by atoms with Crippen LogP contribution in [-0.4, -0.2) is 16.1 Å². The minimum Gasteiger partial charge on any atom is -0.481 e. The zero-order chi connectivity index (χ0) is 15.0. The molecule has 3 aromatic rings. The predicted molar refractivity (Wildman–Crippen MR) is 85.7 cm³/mol. The lowest BCUT2D eigenvalue weighted by atomic mass is 9.90. The molecule has 0 saturated carbocycles. The van der Waals surface area contributed by atoms with Crippen molar-refractivity contribution in [2.24, 2.45) is 0 Å². The van der Waals surface area contributed by atoms with Gasteiger partial charge in [0.2, 0.25) is 0 Å². The van der Waals surface area contributed by atoms with E-state index in [9.17, 15) is 9.90 Å². The van der Waals surface area contributed by atoms with Gasteiger partial charge in [0.05, 0.1) is 5.69 Å². The van der Waals surface area contributed by atoms with Crippen molar-refractivity contribution in [3.8, 4) is 10.6 Å². The number of hydrogen-bond donors (Lipinski definition) is 1. The average Bonchev–Trinajstić information content (AvgIpc) is 2.97. The maximum atomic E-state index is 11.3. The number of fused-ring (bicyclic) bond motifs is 1. The number of nitrogens with zero attached hydrogens (tertiary/aromatic N) is 1. The van der Waals surface area contributed by atoms with E-state index in [1.165, 1.54) is 16.7 Å². The standard InChI is InChI=1S/C17H15NO2S/c1-17(2,16(19)20)14-10-21-15(18-14)13-8-7-11-5-3-4-6-12(11)9-13/h3-10H,1-2H3,(H,19,20). The fraction of sp³-hybridized carbons (Fsp3) is 0.176. The van der Waals surface area contributed by atoms with Gasteiger partial charge in [0, 0.05) is 10.9 Å². The molecular weight excluding hydrogens is 282 g/mol. The number of hydrogen-bond acceptors (Lipinski definition) is 3. The maximum absolute atomic E-state index is 11.3. The van der Waals surface area contributed by atoms with Crippen LogP contribution >= 0.6 is 11.3 Å². The molecule has 3 rings (SSSR count). The Bertz CT molecular complexity index is 820. The molecule has 21 heavy (non-hydrogen) atoms. The summed E-state index contributed by atoms with van der Waals surface area (Å²) in [4.78, 5) is 15.8. The quantitative estimate of drug-likeness (QED) is 0.783. The first-order valence-corrected chi connectivity index (χ1v) is 7.55. The second-order valence-electron chi connectivity index (χ2n) is 5.53. The average molecular weight is 297 g/mol. The van der Waals surface area contributed by atoms with E-state index in [0.29, 0.717) is 5.69 Å². The topological polar surface area (TPSA) is 50.2 Å². The van der Waals surface area contributed by atoms with E-state index in [1.54, 1.807) is 13.8 Å². The zero-order valence-electron chi connectivity index (χ0n) is 11.8. The van der Waals surface area contributed by atoms with Crippen LogP contribution in [0.2, 0.25) is 0 Å². The van der Waals surface area contributed by atoms with Gasteiger partial charge < -0.3 is 5.11 Å². The molecule has 3 nitrogen and oxygen atoms in total. The van der Waals surface area contributed by atoms with Crippen LogP contribution in [0.25, 0.3) is 21.3 Å². The Kier molecular flexibility index (Phi) is 3.26. The van der Waals surface area contributed by atoms with Crippen LogP contribution in [0.5, 0.6) is 0 Å². The number of carboxylic acids is 1. The Balaban J connectivity index is 2.04. The van der Waals surface area contributed by atoms with Gasteiger partial charge in [-0.15, -0.1) is 11.3 Å². The normalized spacial score (nSPS) is 11.7. The molecule has 0 unspecified atom stereocenters. The van der Waals surface area contributed by atoms with Crippen molar-refractivity contribution in [2.45, 2.75) is 19.3 Å². The van der Waals surface area contributed by atoms with Crippen LogP contribution < -0.4 is 0 Å². The largest absolute Gasteiger partial charge is 0.481 e. The second kappa shape index (κ2) is 4.97. The highest BCUT2D eigenvalue weighted by atomic mass is 32.1. The molecule has 2 aromatic carbocycles. The van der Waals surface area contributed by atoms with Crippen LogP contribution in [-0.2, 0) is 10.2 Å². The monoisotopic (exact) mass is 297 g/mol. The van der Waals surface area contributed by atoms with E-state index < -0.39 is 11.4 Å². The molecule has 0 bridgehead atoms. The van der Waals surface area contributed by atoms with Crippen LogP contribution in [0.15, 0.2) is 47.8 Å². The van der Waals surface area contributed by atoms with E-state index in [2.05, 4.69) is 29.2 Å². The van der Waals surface area contributed by atoms with E-state index >= 15 is 0 Å². The molecule has 0 spiro atoms. The lowest BCUT2D eigenvalue weighted by Crippen LogP contribution is -2.28. The van der Waals surface area contributed by atoms with E-state index in [-0.39, 0.29) is 0 Å². The van der Waals surface area contributed by atoms with Gasteiger partial charge in [-0.05, 0) is 30.7 Å². The third kappa shape index (κ3) is 2.43. The van der Waals surface area contributed by atoms with Crippen molar-refractivity contribution in [3.63, 3.8) is 0 Å². The Morgan fingerprint density at radius 2 is 1.86 bits per heavy atom. The molecule has 0 aliphatic rings. The van der Waals surface area contributed by atoms with E-state index in [0.717, 1.165) is 16.0 Å². The first-order valence-electron chi connectivity index (χ1n) is 6.67. The van der Waals surface area contributed by atoms with Crippen molar-refractivity contribution in [3.05, 3.63) is 53.5 Å². The summed E-state index contributed by atoms with van der Waals surface area (Å²) in [5.74, 6) is -0.863. The Morgan fingerprint density at radius 1 is 1.14 bits per heavy atom. The Labute approximate surface area is 126 Å². The molecule has 1 N–H and O–H groups in total. The minimum absolute atomic E-state index is 0.600. The molecule has 106 valence electrons. The molecule has 0 aliphatic carbocycles. The molecule has 1 aromatic heterocycles. The summed E-state index contributed by atoms with van der Waals surface area (Å²) in [6.07, 6.45) is 0. The fourth-order valence-corrected chi connectivity index (χ4v) is 3.11. The summed E-state index contributed by atoms with van der Waals surface area (Å²) < 4.78 is 0. The zero-order valence-corrected chi connectivity index (χ0v) is 12.6. The van der Waals surface area contributed by atoms with Crippen molar-refractivity contribution < 1.29 is 9.90 Å². The number of aromatic nitrogens is 1. The Morgan fingerprint density at radius 3 is 2.57 bits per heavy atom. The predicted octanol–water partition coefficient (Wildman–Crippen LogP) is 4.33. The maximum Gasteiger partial charge on any atom is 0.315 e. The van der Waals surface area contributed by atoms with Gasteiger partial charge >= 0.3 is 5.97 Å². The van der Waals surface area contributed by atoms with Gasteiger partial charge in [-0.1, -0.05) is 36.4 Å². The van der Waals surface area contributed by atoms with Gasteiger partial charge in [0.25, 0.3) is 0 Å². The molecule has 1 heterocycles. The van der Waals surface area contributed by atoms with Gasteiger partial charge in [-0.2, -0.15) is 0 Å². The molecule has 4 heteroatoms. The third-order valence-corrected chi connectivity index (χ3v) is 4.57.